The van der Waals surface area contributed by atoms with Crippen LogP contribution < -0.4 is 10.5 Å². The fourth-order valence-electron chi connectivity index (χ4n) is 2.70. The minimum atomic E-state index is -1.01. The number of benzene rings is 1. The van der Waals surface area contributed by atoms with E-state index in [9.17, 15) is 4.21 Å². The molecule has 3 nitrogen and oxygen atoms in total. The maximum Gasteiger partial charge on any atom is 0.118 e. The van der Waals surface area contributed by atoms with E-state index in [2.05, 4.69) is 0 Å². The maximum absolute atomic E-state index is 12.3. The van der Waals surface area contributed by atoms with Crippen molar-refractivity contribution in [1.29, 1.82) is 0 Å². The normalized spacial score (nSPS) is 19.9. The lowest BCUT2D eigenvalue weighted by atomic mass is 9.85. The standard InChI is InChI=1S/C15H23NO2S/c1-18-13-7-9-14(10-8-13)19(17)11-15(16)12-5-3-2-4-6-12/h7-10,12,15H,2-6,11,16H2,1H3. The van der Waals surface area contributed by atoms with Crippen molar-refractivity contribution in [3.05, 3.63) is 24.3 Å². The van der Waals surface area contributed by atoms with Gasteiger partial charge < -0.3 is 10.5 Å². The van der Waals surface area contributed by atoms with Gasteiger partial charge in [-0.2, -0.15) is 0 Å². The summed E-state index contributed by atoms with van der Waals surface area (Å²) < 4.78 is 17.4. The molecule has 0 heterocycles. The highest BCUT2D eigenvalue weighted by atomic mass is 32.2. The molecule has 2 atom stereocenters. The molecule has 1 aromatic carbocycles. The van der Waals surface area contributed by atoms with Gasteiger partial charge in [0.15, 0.2) is 0 Å². The number of hydrogen-bond donors (Lipinski definition) is 1. The van der Waals surface area contributed by atoms with Crippen molar-refractivity contribution in [2.45, 2.75) is 43.0 Å². The number of hydrogen-bond acceptors (Lipinski definition) is 3. The lowest BCUT2D eigenvalue weighted by Gasteiger charge is -2.27. The molecular formula is C15H23NO2S. The molecule has 1 saturated carbocycles. The molecule has 106 valence electrons. The lowest BCUT2D eigenvalue weighted by Crippen LogP contribution is -2.36. The Morgan fingerprint density at radius 2 is 1.89 bits per heavy atom. The molecule has 2 rings (SSSR count). The zero-order chi connectivity index (χ0) is 13.7. The molecule has 1 fully saturated rings. The van der Waals surface area contributed by atoms with Gasteiger partial charge >= 0.3 is 0 Å². The Hall–Kier alpha value is -0.870. The SMILES string of the molecule is COc1ccc(S(=O)CC(N)C2CCCCC2)cc1. The molecule has 0 radical (unpaired) electrons. The van der Waals surface area contributed by atoms with Crippen LogP contribution in [0.25, 0.3) is 0 Å². The summed E-state index contributed by atoms with van der Waals surface area (Å²) in [5, 5.41) is 0. The van der Waals surface area contributed by atoms with E-state index < -0.39 is 10.8 Å². The average Bonchev–Trinajstić information content (AvgIpc) is 2.48. The minimum absolute atomic E-state index is 0.0586. The van der Waals surface area contributed by atoms with E-state index in [1.54, 1.807) is 7.11 Å². The van der Waals surface area contributed by atoms with Crippen LogP contribution in [0.1, 0.15) is 32.1 Å². The number of rotatable bonds is 5. The molecule has 1 aliphatic carbocycles. The van der Waals surface area contributed by atoms with Crippen molar-refractivity contribution in [2.75, 3.05) is 12.9 Å². The highest BCUT2D eigenvalue weighted by molar-refractivity contribution is 7.85. The number of methoxy groups -OCH3 is 1. The molecule has 1 aromatic rings. The molecule has 0 aliphatic heterocycles. The summed E-state index contributed by atoms with van der Waals surface area (Å²) in [6.07, 6.45) is 6.26. The van der Waals surface area contributed by atoms with Crippen molar-refractivity contribution in [3.8, 4) is 5.75 Å². The third kappa shape index (κ3) is 4.05. The van der Waals surface area contributed by atoms with E-state index in [1.165, 1.54) is 32.1 Å². The summed E-state index contributed by atoms with van der Waals surface area (Å²) >= 11 is 0. The summed E-state index contributed by atoms with van der Waals surface area (Å²) in [6, 6.07) is 7.48. The number of ether oxygens (including phenoxy) is 1. The zero-order valence-electron chi connectivity index (χ0n) is 11.5. The van der Waals surface area contributed by atoms with E-state index in [0.29, 0.717) is 11.7 Å². The van der Waals surface area contributed by atoms with Crippen LogP contribution in [-0.2, 0) is 10.8 Å². The molecule has 1 aliphatic rings. The second kappa shape index (κ2) is 7.06. The second-order valence-electron chi connectivity index (χ2n) is 5.25. The van der Waals surface area contributed by atoms with Crippen LogP contribution in [0, 0.1) is 5.92 Å². The Kier molecular flexibility index (Phi) is 5.40. The Morgan fingerprint density at radius 3 is 2.47 bits per heavy atom. The maximum atomic E-state index is 12.3. The lowest BCUT2D eigenvalue weighted by molar-refractivity contribution is 0.318. The van der Waals surface area contributed by atoms with Crippen LogP contribution in [0.5, 0.6) is 5.75 Å². The fourth-order valence-corrected chi connectivity index (χ4v) is 3.95. The average molecular weight is 281 g/mol. The van der Waals surface area contributed by atoms with Crippen LogP contribution >= 0.6 is 0 Å². The molecule has 0 saturated heterocycles. The van der Waals surface area contributed by atoms with Gasteiger partial charge in [0, 0.05) is 16.7 Å². The first-order chi connectivity index (χ1) is 9.20. The predicted octanol–water partition coefficient (Wildman–Crippen LogP) is 2.71. The molecular weight excluding hydrogens is 258 g/mol. The van der Waals surface area contributed by atoms with Gasteiger partial charge in [-0.1, -0.05) is 19.3 Å². The molecule has 0 amide bonds. The summed E-state index contributed by atoms with van der Waals surface area (Å²) in [4.78, 5) is 0.840. The van der Waals surface area contributed by atoms with E-state index in [-0.39, 0.29) is 6.04 Å². The molecule has 0 bridgehead atoms. The Morgan fingerprint density at radius 1 is 1.26 bits per heavy atom. The molecule has 2 N–H and O–H groups in total. The third-order valence-corrected chi connectivity index (χ3v) is 5.41. The van der Waals surface area contributed by atoms with Gasteiger partial charge in [0.25, 0.3) is 0 Å². The Balaban J connectivity index is 1.91. The first-order valence-electron chi connectivity index (χ1n) is 6.98. The van der Waals surface area contributed by atoms with Gasteiger partial charge in [0.1, 0.15) is 5.75 Å². The van der Waals surface area contributed by atoms with Crippen molar-refractivity contribution < 1.29 is 8.95 Å². The molecule has 4 heteroatoms. The summed E-state index contributed by atoms with van der Waals surface area (Å²) in [5.74, 6) is 1.91. The van der Waals surface area contributed by atoms with Crippen LogP contribution in [0.2, 0.25) is 0 Å². The minimum Gasteiger partial charge on any atom is -0.497 e. The molecule has 19 heavy (non-hydrogen) atoms. The Bertz CT molecular complexity index is 413. The van der Waals surface area contributed by atoms with E-state index in [0.717, 1.165) is 10.6 Å². The summed E-state index contributed by atoms with van der Waals surface area (Å²) in [6.45, 7) is 0. The van der Waals surface area contributed by atoms with Gasteiger partial charge in [-0.3, -0.25) is 4.21 Å². The van der Waals surface area contributed by atoms with Gasteiger partial charge in [-0.05, 0) is 43.0 Å². The first-order valence-corrected chi connectivity index (χ1v) is 8.30. The molecule has 0 spiro atoms. The van der Waals surface area contributed by atoms with E-state index in [4.69, 9.17) is 10.5 Å². The van der Waals surface area contributed by atoms with E-state index in [1.807, 2.05) is 24.3 Å². The largest absolute Gasteiger partial charge is 0.497 e. The second-order valence-corrected chi connectivity index (χ2v) is 6.75. The van der Waals surface area contributed by atoms with Gasteiger partial charge in [0.05, 0.1) is 17.9 Å². The van der Waals surface area contributed by atoms with E-state index >= 15 is 0 Å². The van der Waals surface area contributed by atoms with Crippen molar-refractivity contribution >= 4 is 10.8 Å². The van der Waals surface area contributed by atoms with Crippen LogP contribution in [0.3, 0.4) is 0 Å². The fraction of sp³-hybridized carbons (Fsp3) is 0.600. The van der Waals surface area contributed by atoms with Crippen LogP contribution in [-0.4, -0.2) is 23.1 Å². The predicted molar refractivity (Wildman–Crippen MR) is 78.8 cm³/mol. The zero-order valence-corrected chi connectivity index (χ0v) is 12.3. The van der Waals surface area contributed by atoms with Crippen molar-refractivity contribution in [2.24, 2.45) is 11.7 Å². The quantitative estimate of drug-likeness (QED) is 0.903. The molecule has 0 aromatic heterocycles. The van der Waals surface area contributed by atoms with Crippen molar-refractivity contribution in [3.63, 3.8) is 0 Å². The third-order valence-electron chi connectivity index (χ3n) is 3.92. The Labute approximate surface area is 118 Å². The summed E-state index contributed by atoms with van der Waals surface area (Å²) in [5.41, 5.74) is 6.23. The highest BCUT2D eigenvalue weighted by Gasteiger charge is 2.22. The smallest absolute Gasteiger partial charge is 0.118 e. The topological polar surface area (TPSA) is 52.3 Å². The van der Waals surface area contributed by atoms with Gasteiger partial charge in [-0.15, -0.1) is 0 Å². The summed E-state index contributed by atoms with van der Waals surface area (Å²) in [7, 11) is 0.624. The van der Waals surface area contributed by atoms with Crippen molar-refractivity contribution in [1.82, 2.24) is 0 Å². The van der Waals surface area contributed by atoms with Crippen LogP contribution in [0.4, 0.5) is 0 Å². The molecule has 2 unspecified atom stereocenters. The van der Waals surface area contributed by atoms with Gasteiger partial charge in [0.2, 0.25) is 0 Å². The van der Waals surface area contributed by atoms with Gasteiger partial charge in [-0.25, -0.2) is 0 Å². The number of nitrogens with two attached hydrogens (primary N) is 1. The first kappa shape index (κ1) is 14.5. The monoisotopic (exact) mass is 281 g/mol. The highest BCUT2D eigenvalue weighted by Crippen LogP contribution is 2.26. The van der Waals surface area contributed by atoms with Crippen LogP contribution in [0.15, 0.2) is 29.2 Å².